The summed E-state index contributed by atoms with van der Waals surface area (Å²) in [5.74, 6) is 0. The van der Waals surface area contributed by atoms with Gasteiger partial charge in [0.1, 0.15) is 0 Å². The minimum atomic E-state index is 0.925. The predicted octanol–water partition coefficient (Wildman–Crippen LogP) is 3.31. The molecule has 0 spiro atoms. The summed E-state index contributed by atoms with van der Waals surface area (Å²) in [7, 11) is 0. The normalized spacial score (nSPS) is 10.3. The van der Waals surface area contributed by atoms with Gasteiger partial charge in [-0.25, -0.2) is 0 Å². The maximum Gasteiger partial charge on any atom is 0.0346 e. The summed E-state index contributed by atoms with van der Waals surface area (Å²) in [5, 5.41) is 0. The fourth-order valence-corrected chi connectivity index (χ4v) is 1.42. The molecule has 0 amide bonds. The monoisotopic (exact) mass is 177 g/mol. The van der Waals surface area contributed by atoms with Crippen molar-refractivity contribution in [3.8, 4) is 0 Å². The van der Waals surface area contributed by atoms with Gasteiger partial charge in [-0.1, -0.05) is 31.9 Å². The van der Waals surface area contributed by atoms with Crippen LogP contribution in [-0.2, 0) is 6.42 Å². The molecule has 1 nitrogen and oxygen atoms in total. The van der Waals surface area contributed by atoms with Crippen LogP contribution in [0, 0.1) is 6.92 Å². The highest BCUT2D eigenvalue weighted by molar-refractivity contribution is 5.48. The van der Waals surface area contributed by atoms with E-state index in [4.69, 9.17) is 5.73 Å². The van der Waals surface area contributed by atoms with Crippen LogP contribution in [0.25, 0.3) is 0 Å². The topological polar surface area (TPSA) is 26.0 Å². The first kappa shape index (κ1) is 10.1. The molecule has 0 saturated heterocycles. The number of hydrogen-bond donors (Lipinski definition) is 1. The van der Waals surface area contributed by atoms with Gasteiger partial charge in [0.25, 0.3) is 0 Å². The van der Waals surface area contributed by atoms with E-state index in [2.05, 4.69) is 25.1 Å². The highest BCUT2D eigenvalue weighted by Gasteiger charge is 1.96. The van der Waals surface area contributed by atoms with Crippen molar-refractivity contribution < 1.29 is 0 Å². The summed E-state index contributed by atoms with van der Waals surface area (Å²) in [4.78, 5) is 0. The van der Waals surface area contributed by atoms with Crippen LogP contribution in [0.15, 0.2) is 18.2 Å². The molecule has 0 aliphatic heterocycles. The summed E-state index contributed by atoms with van der Waals surface area (Å²) >= 11 is 0. The molecule has 1 aromatic carbocycles. The fourth-order valence-electron chi connectivity index (χ4n) is 1.42. The number of nitrogens with two attached hydrogens (primary N) is 1. The quantitative estimate of drug-likeness (QED) is 0.554. The molecule has 0 unspecified atom stereocenters. The van der Waals surface area contributed by atoms with Gasteiger partial charge in [0.05, 0.1) is 0 Å². The van der Waals surface area contributed by atoms with Crippen molar-refractivity contribution in [2.24, 2.45) is 0 Å². The van der Waals surface area contributed by atoms with Crippen molar-refractivity contribution in [1.82, 2.24) is 0 Å². The first-order valence-corrected chi connectivity index (χ1v) is 5.09. The van der Waals surface area contributed by atoms with E-state index in [-0.39, 0.29) is 0 Å². The van der Waals surface area contributed by atoms with Gasteiger partial charge in [-0.2, -0.15) is 0 Å². The van der Waals surface area contributed by atoms with Crippen LogP contribution in [0.1, 0.15) is 37.3 Å². The van der Waals surface area contributed by atoms with E-state index >= 15 is 0 Å². The summed E-state index contributed by atoms with van der Waals surface area (Å²) in [6.45, 7) is 4.27. The average molecular weight is 177 g/mol. The molecule has 0 atom stereocenters. The Morgan fingerprint density at radius 3 is 2.62 bits per heavy atom. The van der Waals surface area contributed by atoms with Crippen LogP contribution < -0.4 is 5.73 Å². The molecule has 2 N–H and O–H groups in total. The molecule has 0 radical (unpaired) electrons. The molecule has 0 bridgehead atoms. The highest BCUT2D eigenvalue weighted by Crippen LogP contribution is 2.14. The zero-order chi connectivity index (χ0) is 9.68. The standard InChI is InChI=1S/C12H19N/c1-3-4-5-6-11-8-7-10(2)12(13)9-11/h7-9H,3-6,13H2,1-2H3. The summed E-state index contributed by atoms with van der Waals surface area (Å²) in [6.07, 6.45) is 5.03. The lowest BCUT2D eigenvalue weighted by Gasteiger charge is -2.04. The molecule has 0 aromatic heterocycles. The Labute approximate surface area is 81.0 Å². The number of hydrogen-bond acceptors (Lipinski definition) is 1. The van der Waals surface area contributed by atoms with E-state index in [1.165, 1.54) is 36.8 Å². The van der Waals surface area contributed by atoms with E-state index in [0.717, 1.165) is 5.69 Å². The number of unbranched alkanes of at least 4 members (excludes halogenated alkanes) is 2. The molecule has 1 heteroatoms. The zero-order valence-electron chi connectivity index (χ0n) is 8.64. The van der Waals surface area contributed by atoms with E-state index in [1.54, 1.807) is 0 Å². The van der Waals surface area contributed by atoms with Crippen LogP contribution in [0.4, 0.5) is 5.69 Å². The second-order valence-corrected chi connectivity index (χ2v) is 3.65. The fraction of sp³-hybridized carbons (Fsp3) is 0.500. The van der Waals surface area contributed by atoms with Crippen LogP contribution in [0.3, 0.4) is 0 Å². The van der Waals surface area contributed by atoms with Gasteiger partial charge in [-0.3, -0.25) is 0 Å². The first-order valence-electron chi connectivity index (χ1n) is 5.09. The smallest absolute Gasteiger partial charge is 0.0346 e. The van der Waals surface area contributed by atoms with Crippen molar-refractivity contribution in [1.29, 1.82) is 0 Å². The van der Waals surface area contributed by atoms with Crippen molar-refractivity contribution in [3.05, 3.63) is 29.3 Å². The first-order chi connectivity index (χ1) is 6.24. The van der Waals surface area contributed by atoms with E-state index in [1.807, 2.05) is 6.92 Å². The molecule has 1 aromatic rings. The van der Waals surface area contributed by atoms with Crippen molar-refractivity contribution in [2.75, 3.05) is 5.73 Å². The number of nitrogen functional groups attached to an aromatic ring is 1. The van der Waals surface area contributed by atoms with Crippen molar-refractivity contribution in [2.45, 2.75) is 39.5 Å². The van der Waals surface area contributed by atoms with E-state index in [0.29, 0.717) is 0 Å². The third-order valence-corrected chi connectivity index (χ3v) is 2.41. The Morgan fingerprint density at radius 2 is 2.00 bits per heavy atom. The second kappa shape index (κ2) is 4.90. The van der Waals surface area contributed by atoms with Crippen LogP contribution >= 0.6 is 0 Å². The number of anilines is 1. The van der Waals surface area contributed by atoms with Gasteiger partial charge in [0, 0.05) is 5.69 Å². The lowest BCUT2D eigenvalue weighted by molar-refractivity contribution is 0.717. The van der Waals surface area contributed by atoms with Crippen LogP contribution in [0.2, 0.25) is 0 Å². The Balaban J connectivity index is 2.53. The number of benzene rings is 1. The maximum absolute atomic E-state index is 5.82. The molecule has 1 rings (SSSR count). The molecular formula is C12H19N. The van der Waals surface area contributed by atoms with Gasteiger partial charge in [0.15, 0.2) is 0 Å². The lowest BCUT2D eigenvalue weighted by atomic mass is 10.0. The molecule has 72 valence electrons. The third kappa shape index (κ3) is 3.10. The zero-order valence-corrected chi connectivity index (χ0v) is 8.64. The van der Waals surface area contributed by atoms with Crippen molar-refractivity contribution >= 4 is 5.69 Å². The molecular weight excluding hydrogens is 158 g/mol. The van der Waals surface area contributed by atoms with Crippen LogP contribution in [0.5, 0.6) is 0 Å². The third-order valence-electron chi connectivity index (χ3n) is 2.41. The molecule has 0 aliphatic rings. The molecule has 0 fully saturated rings. The minimum absolute atomic E-state index is 0.925. The number of aryl methyl sites for hydroxylation is 2. The van der Waals surface area contributed by atoms with E-state index in [9.17, 15) is 0 Å². The molecule has 0 heterocycles. The van der Waals surface area contributed by atoms with Crippen LogP contribution in [-0.4, -0.2) is 0 Å². The lowest BCUT2D eigenvalue weighted by Crippen LogP contribution is -1.92. The Hall–Kier alpha value is -0.980. The maximum atomic E-state index is 5.82. The molecule has 0 aliphatic carbocycles. The largest absolute Gasteiger partial charge is 0.399 e. The van der Waals surface area contributed by atoms with Gasteiger partial charge >= 0.3 is 0 Å². The average Bonchev–Trinajstić information content (AvgIpc) is 2.12. The number of rotatable bonds is 4. The van der Waals surface area contributed by atoms with Gasteiger partial charge in [0.2, 0.25) is 0 Å². The van der Waals surface area contributed by atoms with Gasteiger partial charge in [-0.05, 0) is 37.0 Å². The highest BCUT2D eigenvalue weighted by atomic mass is 14.5. The van der Waals surface area contributed by atoms with Crippen molar-refractivity contribution in [3.63, 3.8) is 0 Å². The predicted molar refractivity (Wildman–Crippen MR) is 58.8 cm³/mol. The molecule has 13 heavy (non-hydrogen) atoms. The Morgan fingerprint density at radius 1 is 1.23 bits per heavy atom. The van der Waals surface area contributed by atoms with Gasteiger partial charge in [-0.15, -0.1) is 0 Å². The summed E-state index contributed by atoms with van der Waals surface area (Å²) in [5.41, 5.74) is 9.30. The van der Waals surface area contributed by atoms with E-state index < -0.39 is 0 Å². The summed E-state index contributed by atoms with van der Waals surface area (Å²) in [6, 6.07) is 6.39. The molecule has 0 saturated carbocycles. The van der Waals surface area contributed by atoms with Gasteiger partial charge < -0.3 is 5.73 Å². The Bertz CT molecular complexity index is 266. The minimum Gasteiger partial charge on any atom is -0.399 e. The second-order valence-electron chi connectivity index (χ2n) is 3.65. The Kier molecular flexibility index (Phi) is 3.81. The summed E-state index contributed by atoms with van der Waals surface area (Å²) < 4.78 is 0. The SMILES string of the molecule is CCCCCc1ccc(C)c(N)c1.